The Morgan fingerprint density at radius 1 is 1.53 bits per heavy atom. The van der Waals surface area contributed by atoms with Crippen LogP contribution in [0.2, 0.25) is 0 Å². The molecule has 1 N–H and O–H groups in total. The van der Waals surface area contributed by atoms with Gasteiger partial charge in [0, 0.05) is 5.03 Å². The Morgan fingerprint density at radius 3 is 2.67 bits per heavy atom. The van der Waals surface area contributed by atoms with E-state index in [0.717, 1.165) is 0 Å². The number of hydrogen-bond donors (Lipinski definition) is 1. The molecule has 84 valence electrons. The summed E-state index contributed by atoms with van der Waals surface area (Å²) >= 11 is 18.1. The highest BCUT2D eigenvalue weighted by atomic mass is 35.5. The van der Waals surface area contributed by atoms with Gasteiger partial charge in [-0.25, -0.2) is 0 Å². The van der Waals surface area contributed by atoms with Gasteiger partial charge in [-0.05, 0) is 25.0 Å². The van der Waals surface area contributed by atoms with Gasteiger partial charge in [0.1, 0.15) is 11.0 Å². The molecular formula is C11H13Cl3O. The molecule has 4 heteroatoms. The van der Waals surface area contributed by atoms with E-state index in [1.54, 1.807) is 6.08 Å². The van der Waals surface area contributed by atoms with Gasteiger partial charge in [0.15, 0.2) is 0 Å². The standard InChI is InChI=1S/C11H13Cl3O/c1-3-4-7(2)11(14)6-8(12)5-9(13)10(11)15/h3-7,10,15H,1-2H3. The summed E-state index contributed by atoms with van der Waals surface area (Å²) in [6.07, 6.45) is 6.02. The van der Waals surface area contributed by atoms with Crippen LogP contribution in [0.1, 0.15) is 13.8 Å². The van der Waals surface area contributed by atoms with Gasteiger partial charge in [-0.1, -0.05) is 42.3 Å². The second-order valence-corrected chi connectivity index (χ2v) is 5.13. The number of aliphatic hydroxyl groups is 1. The van der Waals surface area contributed by atoms with Crippen molar-refractivity contribution in [1.29, 1.82) is 0 Å². The van der Waals surface area contributed by atoms with E-state index >= 15 is 0 Å². The van der Waals surface area contributed by atoms with Crippen LogP contribution in [0, 0.1) is 5.92 Å². The van der Waals surface area contributed by atoms with Gasteiger partial charge in [0.25, 0.3) is 0 Å². The minimum Gasteiger partial charge on any atom is -0.385 e. The molecule has 1 aliphatic rings. The number of aliphatic hydroxyl groups excluding tert-OH is 1. The lowest BCUT2D eigenvalue weighted by Crippen LogP contribution is -2.42. The maximum atomic E-state index is 9.94. The summed E-state index contributed by atoms with van der Waals surface area (Å²) in [6, 6.07) is 0. The van der Waals surface area contributed by atoms with E-state index in [2.05, 4.69) is 0 Å². The zero-order chi connectivity index (χ0) is 11.6. The van der Waals surface area contributed by atoms with Gasteiger partial charge in [0.05, 0.1) is 5.03 Å². The molecule has 0 aromatic carbocycles. The Bertz CT molecular complexity index is 333. The van der Waals surface area contributed by atoms with Gasteiger partial charge in [0.2, 0.25) is 0 Å². The van der Waals surface area contributed by atoms with Crippen LogP contribution in [-0.4, -0.2) is 16.1 Å². The SMILES string of the molecule is CC=CC(C)C1(Cl)C=C(Cl)C=C(Cl)C1O. The van der Waals surface area contributed by atoms with Crippen molar-refractivity contribution < 1.29 is 5.11 Å². The zero-order valence-corrected chi connectivity index (χ0v) is 10.8. The molecule has 0 saturated carbocycles. The van der Waals surface area contributed by atoms with Crippen molar-refractivity contribution in [3.05, 3.63) is 34.4 Å². The second kappa shape index (κ2) is 4.92. The highest BCUT2D eigenvalue weighted by Crippen LogP contribution is 2.41. The van der Waals surface area contributed by atoms with Gasteiger partial charge in [-0.15, -0.1) is 11.6 Å². The van der Waals surface area contributed by atoms with Crippen molar-refractivity contribution >= 4 is 34.8 Å². The third-order valence-corrected chi connectivity index (χ3v) is 3.69. The normalized spacial score (nSPS) is 33.9. The Labute approximate surface area is 105 Å². The van der Waals surface area contributed by atoms with E-state index in [4.69, 9.17) is 34.8 Å². The molecule has 0 heterocycles. The van der Waals surface area contributed by atoms with Crippen LogP contribution >= 0.6 is 34.8 Å². The maximum absolute atomic E-state index is 9.94. The molecular weight excluding hydrogens is 254 g/mol. The second-order valence-electron chi connectivity index (χ2n) is 3.60. The molecule has 0 radical (unpaired) electrons. The lowest BCUT2D eigenvalue weighted by atomic mass is 9.84. The summed E-state index contributed by atoms with van der Waals surface area (Å²) in [7, 11) is 0. The Morgan fingerprint density at radius 2 is 2.13 bits per heavy atom. The summed E-state index contributed by atoms with van der Waals surface area (Å²) in [6.45, 7) is 3.81. The monoisotopic (exact) mass is 266 g/mol. The van der Waals surface area contributed by atoms with Crippen molar-refractivity contribution in [2.45, 2.75) is 24.8 Å². The van der Waals surface area contributed by atoms with Crippen molar-refractivity contribution in [3.63, 3.8) is 0 Å². The highest BCUT2D eigenvalue weighted by Gasteiger charge is 2.42. The van der Waals surface area contributed by atoms with Gasteiger partial charge in [-0.2, -0.15) is 0 Å². The van der Waals surface area contributed by atoms with Crippen LogP contribution in [-0.2, 0) is 0 Å². The van der Waals surface area contributed by atoms with Crippen LogP contribution in [0.3, 0.4) is 0 Å². The summed E-state index contributed by atoms with van der Waals surface area (Å²) in [5.41, 5.74) is 0. The number of halogens is 3. The van der Waals surface area contributed by atoms with Crippen molar-refractivity contribution in [1.82, 2.24) is 0 Å². The third kappa shape index (κ3) is 2.59. The largest absolute Gasteiger partial charge is 0.385 e. The fraction of sp³-hybridized carbons (Fsp3) is 0.455. The average Bonchev–Trinajstić information content (AvgIpc) is 2.14. The van der Waals surface area contributed by atoms with E-state index < -0.39 is 11.0 Å². The van der Waals surface area contributed by atoms with Crippen LogP contribution in [0.15, 0.2) is 34.4 Å². The molecule has 0 fully saturated rings. The fourth-order valence-corrected chi connectivity index (χ4v) is 2.64. The van der Waals surface area contributed by atoms with E-state index in [9.17, 15) is 5.11 Å². The molecule has 3 unspecified atom stereocenters. The summed E-state index contributed by atoms with van der Waals surface area (Å²) in [4.78, 5) is -0.963. The van der Waals surface area contributed by atoms with Crippen molar-refractivity contribution in [3.8, 4) is 0 Å². The van der Waals surface area contributed by atoms with Crippen LogP contribution < -0.4 is 0 Å². The number of rotatable bonds is 2. The van der Waals surface area contributed by atoms with E-state index in [1.165, 1.54) is 6.08 Å². The molecule has 0 spiro atoms. The fourth-order valence-electron chi connectivity index (χ4n) is 1.57. The average molecular weight is 268 g/mol. The molecule has 0 aromatic rings. The van der Waals surface area contributed by atoms with Crippen molar-refractivity contribution in [2.24, 2.45) is 5.92 Å². The highest BCUT2D eigenvalue weighted by molar-refractivity contribution is 6.38. The van der Waals surface area contributed by atoms with Gasteiger partial charge < -0.3 is 5.11 Å². The first-order valence-electron chi connectivity index (χ1n) is 4.67. The Balaban J connectivity index is 3.08. The topological polar surface area (TPSA) is 20.2 Å². The summed E-state index contributed by atoms with van der Waals surface area (Å²) in [5, 5.41) is 10.7. The first-order chi connectivity index (χ1) is 6.91. The molecule has 1 rings (SSSR count). The number of allylic oxidation sites excluding steroid dienone is 4. The van der Waals surface area contributed by atoms with E-state index in [0.29, 0.717) is 5.03 Å². The molecule has 1 nitrogen and oxygen atoms in total. The molecule has 15 heavy (non-hydrogen) atoms. The molecule has 0 aromatic heterocycles. The molecule has 0 saturated heterocycles. The third-order valence-electron chi connectivity index (χ3n) is 2.49. The minimum atomic E-state index is -0.963. The first-order valence-corrected chi connectivity index (χ1v) is 5.80. The first kappa shape index (κ1) is 13.1. The van der Waals surface area contributed by atoms with Gasteiger partial charge >= 0.3 is 0 Å². The van der Waals surface area contributed by atoms with Crippen LogP contribution in [0.5, 0.6) is 0 Å². The van der Waals surface area contributed by atoms with Crippen molar-refractivity contribution in [2.75, 3.05) is 0 Å². The predicted molar refractivity (Wildman–Crippen MR) is 66.4 cm³/mol. The molecule has 0 amide bonds. The quantitative estimate of drug-likeness (QED) is 0.596. The zero-order valence-electron chi connectivity index (χ0n) is 8.55. The molecule has 3 atom stereocenters. The smallest absolute Gasteiger partial charge is 0.113 e. The minimum absolute atomic E-state index is 0.0598. The predicted octanol–water partition coefficient (Wildman–Crippen LogP) is 3.80. The number of hydrogen-bond acceptors (Lipinski definition) is 1. The summed E-state index contributed by atoms with van der Waals surface area (Å²) in [5.74, 6) is -0.0598. The van der Waals surface area contributed by atoms with Crippen LogP contribution in [0.25, 0.3) is 0 Å². The summed E-state index contributed by atoms with van der Waals surface area (Å²) < 4.78 is 0. The van der Waals surface area contributed by atoms with Gasteiger partial charge in [-0.3, -0.25) is 0 Å². The maximum Gasteiger partial charge on any atom is 0.113 e. The molecule has 1 aliphatic carbocycles. The Hall–Kier alpha value is 0.0500. The molecule has 0 bridgehead atoms. The van der Waals surface area contributed by atoms with E-state index in [-0.39, 0.29) is 11.0 Å². The van der Waals surface area contributed by atoms with E-state index in [1.807, 2.05) is 26.0 Å². The lowest BCUT2D eigenvalue weighted by Gasteiger charge is -2.35. The van der Waals surface area contributed by atoms with Crippen LogP contribution in [0.4, 0.5) is 0 Å². The Kier molecular flexibility index (Phi) is 4.30. The molecule has 0 aliphatic heterocycles. The number of alkyl halides is 1. The lowest BCUT2D eigenvalue weighted by molar-refractivity contribution is 0.167.